The van der Waals surface area contributed by atoms with Gasteiger partial charge in [0.15, 0.2) is 5.13 Å². The molecule has 0 atom stereocenters. The van der Waals surface area contributed by atoms with Crippen molar-refractivity contribution < 1.29 is 4.79 Å². The highest BCUT2D eigenvalue weighted by Crippen LogP contribution is 2.34. The Labute approximate surface area is 169 Å². The topological polar surface area (TPSA) is 36.4 Å². The van der Waals surface area contributed by atoms with Crippen LogP contribution >= 0.6 is 23.1 Å². The van der Waals surface area contributed by atoms with Gasteiger partial charge in [-0.3, -0.25) is 9.69 Å². The standard InChI is InChI=1S/C21H25N3OS2/c1-4-23(5-2)14-15-24(20(25)16-10-7-6-8-11-16)21-22-19-17(26-3)12-9-13-18(19)27-21/h6-13H,4-5,14-15H2,1-3H3. The van der Waals surface area contributed by atoms with Gasteiger partial charge in [-0.15, -0.1) is 11.8 Å². The summed E-state index contributed by atoms with van der Waals surface area (Å²) in [5.74, 6) is 0.00696. The van der Waals surface area contributed by atoms with Crippen molar-refractivity contribution >= 4 is 44.4 Å². The Hall–Kier alpha value is -1.89. The van der Waals surface area contributed by atoms with Crippen LogP contribution in [-0.2, 0) is 0 Å². The Balaban J connectivity index is 1.97. The molecule has 0 aliphatic rings. The second-order valence-electron chi connectivity index (χ2n) is 6.15. The molecule has 6 heteroatoms. The molecule has 0 spiro atoms. The molecule has 0 N–H and O–H groups in total. The molecule has 142 valence electrons. The van der Waals surface area contributed by atoms with Gasteiger partial charge in [0.1, 0.15) is 0 Å². The van der Waals surface area contributed by atoms with Crippen LogP contribution in [0.3, 0.4) is 0 Å². The van der Waals surface area contributed by atoms with E-state index in [9.17, 15) is 4.79 Å². The average molecular weight is 400 g/mol. The van der Waals surface area contributed by atoms with Gasteiger partial charge < -0.3 is 4.90 Å². The molecule has 0 saturated heterocycles. The third kappa shape index (κ3) is 4.51. The highest BCUT2D eigenvalue weighted by atomic mass is 32.2. The van der Waals surface area contributed by atoms with E-state index < -0.39 is 0 Å². The van der Waals surface area contributed by atoms with Crippen molar-refractivity contribution in [2.45, 2.75) is 18.7 Å². The van der Waals surface area contributed by atoms with E-state index >= 15 is 0 Å². The maximum absolute atomic E-state index is 13.2. The molecular formula is C21H25N3OS2. The molecule has 0 bridgehead atoms. The van der Waals surface area contributed by atoms with E-state index in [2.05, 4.69) is 43.2 Å². The molecule has 0 radical (unpaired) electrons. The fraction of sp³-hybridized carbons (Fsp3) is 0.333. The van der Waals surface area contributed by atoms with Crippen molar-refractivity contribution in [1.29, 1.82) is 0 Å². The van der Waals surface area contributed by atoms with E-state index in [1.54, 1.807) is 23.1 Å². The summed E-state index contributed by atoms with van der Waals surface area (Å²) in [5.41, 5.74) is 1.68. The minimum atomic E-state index is 0.00696. The van der Waals surface area contributed by atoms with Crippen LogP contribution in [0.15, 0.2) is 53.4 Å². The minimum absolute atomic E-state index is 0.00696. The number of para-hydroxylation sites is 1. The number of carbonyl (C=O) groups is 1. The smallest absolute Gasteiger partial charge is 0.260 e. The van der Waals surface area contributed by atoms with E-state index in [4.69, 9.17) is 4.98 Å². The van der Waals surface area contributed by atoms with Crippen molar-refractivity contribution in [2.75, 3.05) is 37.3 Å². The monoisotopic (exact) mass is 399 g/mol. The molecular weight excluding hydrogens is 374 g/mol. The summed E-state index contributed by atoms with van der Waals surface area (Å²) in [4.78, 5) is 23.4. The number of hydrogen-bond acceptors (Lipinski definition) is 5. The number of benzene rings is 2. The first kappa shape index (κ1) is 19.9. The second kappa shape index (κ2) is 9.35. The molecule has 1 heterocycles. The van der Waals surface area contributed by atoms with Gasteiger partial charge in [0, 0.05) is 23.5 Å². The lowest BCUT2D eigenvalue weighted by Crippen LogP contribution is -2.38. The fourth-order valence-corrected chi connectivity index (χ4v) is 4.64. The summed E-state index contributed by atoms with van der Waals surface area (Å²) in [6, 6.07) is 15.7. The number of thiazole rings is 1. The third-order valence-corrected chi connectivity index (χ3v) is 6.43. The molecule has 1 aromatic heterocycles. The molecule has 0 aliphatic carbocycles. The number of carbonyl (C=O) groups excluding carboxylic acids is 1. The minimum Gasteiger partial charge on any atom is -0.302 e. The lowest BCUT2D eigenvalue weighted by molar-refractivity contribution is 0.0984. The zero-order valence-corrected chi connectivity index (χ0v) is 17.6. The van der Waals surface area contributed by atoms with Crippen molar-refractivity contribution in [3.63, 3.8) is 0 Å². The van der Waals surface area contributed by atoms with E-state index in [0.29, 0.717) is 12.1 Å². The van der Waals surface area contributed by atoms with E-state index in [1.165, 1.54) is 0 Å². The highest BCUT2D eigenvalue weighted by molar-refractivity contribution is 7.98. The predicted octanol–water partition coefficient (Wildman–Crippen LogP) is 5.01. The molecule has 0 aliphatic heterocycles. The number of hydrogen-bond donors (Lipinski definition) is 0. The van der Waals surface area contributed by atoms with Gasteiger partial charge in [-0.05, 0) is 43.6 Å². The van der Waals surface area contributed by atoms with Crippen LogP contribution in [-0.4, -0.2) is 48.2 Å². The lowest BCUT2D eigenvalue weighted by Gasteiger charge is -2.24. The molecule has 1 amide bonds. The van der Waals surface area contributed by atoms with Crippen molar-refractivity contribution in [2.24, 2.45) is 0 Å². The largest absolute Gasteiger partial charge is 0.302 e. The predicted molar refractivity (Wildman–Crippen MR) is 117 cm³/mol. The summed E-state index contributed by atoms with van der Waals surface area (Å²) >= 11 is 3.27. The normalized spacial score (nSPS) is 11.3. The molecule has 3 aromatic rings. The zero-order valence-electron chi connectivity index (χ0n) is 16.0. The highest BCUT2D eigenvalue weighted by Gasteiger charge is 2.22. The van der Waals surface area contributed by atoms with Crippen molar-refractivity contribution in [1.82, 2.24) is 9.88 Å². The molecule has 0 saturated carbocycles. The van der Waals surface area contributed by atoms with Crippen LogP contribution in [0.4, 0.5) is 5.13 Å². The van der Waals surface area contributed by atoms with Crippen LogP contribution in [0, 0.1) is 0 Å². The first-order valence-corrected chi connectivity index (χ1v) is 11.2. The summed E-state index contributed by atoms with van der Waals surface area (Å²) < 4.78 is 1.12. The van der Waals surface area contributed by atoms with Gasteiger partial charge in [0.2, 0.25) is 0 Å². The number of aromatic nitrogens is 1. The maximum atomic E-state index is 13.2. The lowest BCUT2D eigenvalue weighted by atomic mass is 10.2. The van der Waals surface area contributed by atoms with Crippen LogP contribution < -0.4 is 4.90 Å². The van der Waals surface area contributed by atoms with Crippen molar-refractivity contribution in [3.05, 3.63) is 54.1 Å². The van der Waals surface area contributed by atoms with Crippen LogP contribution in [0.2, 0.25) is 0 Å². The molecule has 3 rings (SSSR count). The average Bonchev–Trinajstić information content (AvgIpc) is 3.15. The van der Waals surface area contributed by atoms with Gasteiger partial charge in [-0.2, -0.15) is 0 Å². The Morgan fingerprint density at radius 1 is 1.04 bits per heavy atom. The Morgan fingerprint density at radius 2 is 1.78 bits per heavy atom. The number of likely N-dealkylation sites (N-methyl/N-ethyl adjacent to an activating group) is 1. The summed E-state index contributed by atoms with van der Waals surface area (Å²) in [7, 11) is 0. The zero-order chi connectivity index (χ0) is 19.2. The Bertz CT molecular complexity index is 891. The van der Waals surface area contributed by atoms with Gasteiger partial charge in [-0.1, -0.05) is 49.4 Å². The van der Waals surface area contributed by atoms with Crippen molar-refractivity contribution in [3.8, 4) is 0 Å². The van der Waals surface area contributed by atoms with Crippen LogP contribution in [0.1, 0.15) is 24.2 Å². The molecule has 2 aromatic carbocycles. The number of amides is 1. The molecule has 0 unspecified atom stereocenters. The van der Waals surface area contributed by atoms with Gasteiger partial charge in [-0.25, -0.2) is 4.98 Å². The number of fused-ring (bicyclic) bond motifs is 1. The molecule has 4 nitrogen and oxygen atoms in total. The maximum Gasteiger partial charge on any atom is 0.260 e. The first-order chi connectivity index (χ1) is 13.2. The van der Waals surface area contributed by atoms with E-state index in [-0.39, 0.29) is 5.91 Å². The van der Waals surface area contributed by atoms with Crippen LogP contribution in [0.25, 0.3) is 10.2 Å². The SMILES string of the molecule is CCN(CC)CCN(C(=O)c1ccccc1)c1nc2c(SC)cccc2s1. The second-order valence-corrected chi connectivity index (χ2v) is 8.01. The van der Waals surface area contributed by atoms with Crippen LogP contribution in [0.5, 0.6) is 0 Å². The Kier molecular flexibility index (Phi) is 6.88. The number of nitrogens with zero attached hydrogens (tertiary/aromatic N) is 3. The number of rotatable bonds is 8. The molecule has 27 heavy (non-hydrogen) atoms. The van der Waals surface area contributed by atoms with Gasteiger partial charge >= 0.3 is 0 Å². The van der Waals surface area contributed by atoms with Gasteiger partial charge in [0.05, 0.1) is 10.2 Å². The Morgan fingerprint density at radius 3 is 2.44 bits per heavy atom. The first-order valence-electron chi connectivity index (χ1n) is 9.20. The third-order valence-electron chi connectivity index (χ3n) is 4.62. The summed E-state index contributed by atoms with van der Waals surface area (Å²) in [6.07, 6.45) is 2.06. The number of thioether (sulfide) groups is 1. The molecule has 0 fully saturated rings. The van der Waals surface area contributed by atoms with E-state index in [0.717, 1.165) is 39.9 Å². The summed E-state index contributed by atoms with van der Waals surface area (Å²) in [5, 5.41) is 0.771. The fourth-order valence-electron chi connectivity index (χ4n) is 2.99. The summed E-state index contributed by atoms with van der Waals surface area (Å²) in [6.45, 7) is 7.70. The van der Waals surface area contributed by atoms with Gasteiger partial charge in [0.25, 0.3) is 5.91 Å². The number of anilines is 1. The van der Waals surface area contributed by atoms with E-state index in [1.807, 2.05) is 35.2 Å². The quantitative estimate of drug-likeness (QED) is 0.499.